The van der Waals surface area contributed by atoms with Gasteiger partial charge in [0.05, 0.1) is 12.1 Å². The van der Waals surface area contributed by atoms with Gasteiger partial charge < -0.3 is 9.72 Å². The van der Waals surface area contributed by atoms with Gasteiger partial charge in [0.25, 0.3) is 0 Å². The summed E-state index contributed by atoms with van der Waals surface area (Å²) in [6.07, 6.45) is 1.70. The summed E-state index contributed by atoms with van der Waals surface area (Å²) in [7, 11) is 1.66. The number of rotatable bonds is 3. The summed E-state index contributed by atoms with van der Waals surface area (Å²) in [5, 5.41) is 2.68. The third-order valence-corrected chi connectivity index (χ3v) is 4.52. The van der Waals surface area contributed by atoms with Crippen molar-refractivity contribution >= 4 is 39.1 Å². The summed E-state index contributed by atoms with van der Waals surface area (Å²) < 4.78 is 5.30. The molecule has 4 aromatic rings. The highest BCUT2D eigenvalue weighted by atomic mass is 35.5. The van der Waals surface area contributed by atoms with E-state index < -0.39 is 0 Å². The van der Waals surface area contributed by atoms with Gasteiger partial charge in [-0.25, -0.2) is 4.98 Å². The average molecular weight is 335 g/mol. The standard InChI is InChI=1S/C20H15ClN2O/c1-12(13-4-3-5-15(10-13)24-2)14-6-7-18-16(11-14)19-17(21)8-9-22-20(19)23-18/h3-11H,1H2,2H3,(H,22,23). The lowest BCUT2D eigenvalue weighted by Gasteiger charge is -2.08. The van der Waals surface area contributed by atoms with E-state index >= 15 is 0 Å². The molecule has 0 atom stereocenters. The van der Waals surface area contributed by atoms with E-state index in [0.717, 1.165) is 44.4 Å². The molecule has 3 nitrogen and oxygen atoms in total. The number of H-pyrrole nitrogens is 1. The Kier molecular flexibility index (Phi) is 3.51. The zero-order valence-corrected chi connectivity index (χ0v) is 13.9. The Bertz CT molecular complexity index is 1080. The molecule has 4 rings (SSSR count). The van der Waals surface area contributed by atoms with E-state index in [2.05, 4.69) is 22.6 Å². The average Bonchev–Trinajstić information content (AvgIpc) is 3.00. The van der Waals surface area contributed by atoms with Crippen molar-refractivity contribution in [1.29, 1.82) is 0 Å². The minimum atomic E-state index is 0.690. The first-order chi connectivity index (χ1) is 11.7. The van der Waals surface area contributed by atoms with E-state index in [1.54, 1.807) is 19.4 Å². The van der Waals surface area contributed by atoms with Crippen LogP contribution in [0.25, 0.3) is 27.5 Å². The fourth-order valence-corrected chi connectivity index (χ4v) is 3.19. The topological polar surface area (TPSA) is 37.9 Å². The SMILES string of the molecule is C=C(c1cccc(OC)c1)c1ccc2[nH]c3nccc(Cl)c3c2c1. The Labute approximate surface area is 144 Å². The molecule has 0 bridgehead atoms. The molecule has 2 aromatic heterocycles. The third kappa shape index (κ3) is 2.34. The molecule has 4 heteroatoms. The van der Waals surface area contributed by atoms with Crippen LogP contribution in [0, 0.1) is 0 Å². The molecule has 0 fully saturated rings. The van der Waals surface area contributed by atoms with Crippen LogP contribution in [0.15, 0.2) is 61.3 Å². The van der Waals surface area contributed by atoms with Crippen molar-refractivity contribution in [2.45, 2.75) is 0 Å². The molecule has 2 aromatic carbocycles. The van der Waals surface area contributed by atoms with Crippen molar-refractivity contribution in [3.8, 4) is 5.75 Å². The normalized spacial score (nSPS) is 11.1. The van der Waals surface area contributed by atoms with Gasteiger partial charge in [0.2, 0.25) is 0 Å². The molecular formula is C20H15ClN2O. The predicted molar refractivity (Wildman–Crippen MR) is 99.7 cm³/mol. The Morgan fingerprint density at radius 3 is 2.79 bits per heavy atom. The first-order valence-corrected chi connectivity index (χ1v) is 7.95. The first-order valence-electron chi connectivity index (χ1n) is 7.57. The van der Waals surface area contributed by atoms with Crippen LogP contribution in [0.4, 0.5) is 0 Å². The number of aromatic amines is 1. The molecule has 1 N–H and O–H groups in total. The number of hydrogen-bond acceptors (Lipinski definition) is 2. The summed E-state index contributed by atoms with van der Waals surface area (Å²) in [5.41, 5.74) is 4.80. The Balaban J connectivity index is 1.87. The van der Waals surface area contributed by atoms with Crippen molar-refractivity contribution in [3.05, 3.63) is 77.5 Å². The molecule has 0 saturated heterocycles. The number of hydrogen-bond donors (Lipinski definition) is 1. The number of halogens is 1. The highest BCUT2D eigenvalue weighted by Crippen LogP contribution is 2.33. The second-order valence-electron chi connectivity index (χ2n) is 5.61. The Morgan fingerprint density at radius 2 is 1.96 bits per heavy atom. The van der Waals surface area contributed by atoms with Gasteiger partial charge in [-0.1, -0.05) is 36.4 Å². The van der Waals surface area contributed by atoms with Crippen LogP contribution >= 0.6 is 11.6 Å². The lowest BCUT2D eigenvalue weighted by Crippen LogP contribution is -1.88. The van der Waals surface area contributed by atoms with E-state index in [1.165, 1.54) is 0 Å². The molecule has 2 heterocycles. The summed E-state index contributed by atoms with van der Waals surface area (Å²) in [6.45, 7) is 4.25. The van der Waals surface area contributed by atoms with Crippen LogP contribution in [0.3, 0.4) is 0 Å². The van der Waals surface area contributed by atoms with Crippen molar-refractivity contribution < 1.29 is 4.74 Å². The maximum atomic E-state index is 6.37. The zero-order valence-electron chi connectivity index (χ0n) is 13.1. The molecule has 0 spiro atoms. The minimum Gasteiger partial charge on any atom is -0.497 e. The molecule has 0 radical (unpaired) electrons. The van der Waals surface area contributed by atoms with E-state index in [1.807, 2.05) is 36.4 Å². The van der Waals surface area contributed by atoms with Gasteiger partial charge in [0.1, 0.15) is 11.4 Å². The molecule has 0 aliphatic heterocycles. The smallest absolute Gasteiger partial charge is 0.139 e. The summed E-state index contributed by atoms with van der Waals surface area (Å²) in [6, 6.07) is 15.9. The second kappa shape index (κ2) is 5.69. The van der Waals surface area contributed by atoms with Gasteiger partial charge in [0, 0.05) is 22.5 Å². The van der Waals surface area contributed by atoms with Gasteiger partial charge in [-0.05, 0) is 47.0 Å². The maximum Gasteiger partial charge on any atom is 0.139 e. The quantitative estimate of drug-likeness (QED) is 0.541. The monoisotopic (exact) mass is 334 g/mol. The number of aromatic nitrogens is 2. The van der Waals surface area contributed by atoms with Crippen LogP contribution in [0.5, 0.6) is 5.75 Å². The number of pyridine rings is 1. The number of ether oxygens (including phenoxy) is 1. The number of benzene rings is 2. The van der Waals surface area contributed by atoms with Gasteiger partial charge in [-0.2, -0.15) is 0 Å². The number of nitrogens with zero attached hydrogens (tertiary/aromatic N) is 1. The minimum absolute atomic E-state index is 0.690. The lowest BCUT2D eigenvalue weighted by molar-refractivity contribution is 0.414. The lowest BCUT2D eigenvalue weighted by atomic mass is 9.98. The zero-order chi connectivity index (χ0) is 16.7. The number of fused-ring (bicyclic) bond motifs is 3. The van der Waals surface area contributed by atoms with Gasteiger partial charge in [-0.15, -0.1) is 0 Å². The fourth-order valence-electron chi connectivity index (χ4n) is 2.94. The predicted octanol–water partition coefficient (Wildman–Crippen LogP) is 5.44. The van der Waals surface area contributed by atoms with Crippen LogP contribution in [-0.2, 0) is 0 Å². The molecule has 118 valence electrons. The Hall–Kier alpha value is -2.78. The van der Waals surface area contributed by atoms with Gasteiger partial charge >= 0.3 is 0 Å². The molecule has 0 saturated carbocycles. The molecule has 0 unspecified atom stereocenters. The molecule has 0 aliphatic carbocycles. The van der Waals surface area contributed by atoms with E-state index in [9.17, 15) is 0 Å². The van der Waals surface area contributed by atoms with E-state index in [0.29, 0.717) is 5.02 Å². The summed E-state index contributed by atoms with van der Waals surface area (Å²) in [5.74, 6) is 0.814. The molecule has 0 aliphatic rings. The van der Waals surface area contributed by atoms with Crippen LogP contribution in [0.2, 0.25) is 5.02 Å². The molecule has 24 heavy (non-hydrogen) atoms. The van der Waals surface area contributed by atoms with Gasteiger partial charge in [-0.3, -0.25) is 0 Å². The third-order valence-electron chi connectivity index (χ3n) is 4.21. The van der Waals surface area contributed by atoms with Crippen molar-refractivity contribution in [2.24, 2.45) is 0 Å². The number of nitrogens with one attached hydrogen (secondary N) is 1. The highest BCUT2D eigenvalue weighted by molar-refractivity contribution is 6.37. The van der Waals surface area contributed by atoms with Crippen LogP contribution < -0.4 is 4.74 Å². The Morgan fingerprint density at radius 1 is 1.12 bits per heavy atom. The number of methoxy groups -OCH3 is 1. The van der Waals surface area contributed by atoms with Crippen molar-refractivity contribution in [2.75, 3.05) is 7.11 Å². The summed E-state index contributed by atoms with van der Waals surface area (Å²) in [4.78, 5) is 7.65. The summed E-state index contributed by atoms with van der Waals surface area (Å²) >= 11 is 6.37. The van der Waals surface area contributed by atoms with E-state index in [-0.39, 0.29) is 0 Å². The maximum absolute atomic E-state index is 6.37. The van der Waals surface area contributed by atoms with Crippen molar-refractivity contribution in [1.82, 2.24) is 9.97 Å². The van der Waals surface area contributed by atoms with Crippen molar-refractivity contribution in [3.63, 3.8) is 0 Å². The van der Waals surface area contributed by atoms with E-state index in [4.69, 9.17) is 16.3 Å². The highest BCUT2D eigenvalue weighted by Gasteiger charge is 2.11. The fraction of sp³-hybridized carbons (Fsp3) is 0.0500. The van der Waals surface area contributed by atoms with Gasteiger partial charge in [0.15, 0.2) is 0 Å². The second-order valence-corrected chi connectivity index (χ2v) is 6.02. The van der Waals surface area contributed by atoms with Crippen LogP contribution in [-0.4, -0.2) is 17.1 Å². The van der Waals surface area contributed by atoms with Crippen LogP contribution in [0.1, 0.15) is 11.1 Å². The molecular weight excluding hydrogens is 320 g/mol. The molecule has 0 amide bonds. The largest absolute Gasteiger partial charge is 0.497 e. The first kappa shape index (κ1) is 14.8.